The minimum absolute atomic E-state index is 0.0200. The van der Waals surface area contributed by atoms with Crippen molar-refractivity contribution >= 4 is 11.9 Å². The van der Waals surface area contributed by atoms with Crippen molar-refractivity contribution in [2.45, 2.75) is 154 Å². The number of hydrogen-bond donors (Lipinski definition) is 1. The van der Waals surface area contributed by atoms with Crippen molar-refractivity contribution in [2.24, 2.45) is 11.8 Å². The molecule has 1 atom stereocenters. The van der Waals surface area contributed by atoms with E-state index in [-0.39, 0.29) is 52.5 Å². The second-order valence-corrected chi connectivity index (χ2v) is 15.0. The molecule has 2 fully saturated rings. The van der Waals surface area contributed by atoms with Crippen LogP contribution in [-0.2, 0) is 14.3 Å². The monoisotopic (exact) mass is 560 g/mol. The number of likely N-dealkylation sites (tertiary alicyclic amines) is 2. The van der Waals surface area contributed by atoms with Crippen molar-refractivity contribution < 1.29 is 19.4 Å². The summed E-state index contributed by atoms with van der Waals surface area (Å²) < 4.78 is 6.45. The summed E-state index contributed by atoms with van der Waals surface area (Å²) in [5, 5.41) is 8.90. The molecule has 2 rings (SSSR count). The summed E-state index contributed by atoms with van der Waals surface area (Å²) >= 11 is 0. The third-order valence-corrected chi connectivity index (χ3v) is 9.58. The minimum atomic E-state index is -0.725. The van der Waals surface area contributed by atoms with Gasteiger partial charge >= 0.3 is 11.9 Å². The molecule has 2 aliphatic heterocycles. The first-order valence-electron chi connectivity index (χ1n) is 15.7. The standard InChI is InChI=1S/C34H60N2O4/c1-11-20-35-31(3,4)22-26(23-32(35,5)6)28(18-16-14-13-15-17-19-29(37)38)30(39)40-27-24-33(7,8)36(21-12-2)34(9,10)25-27/h11-12,26-28H,1-2,13-25H2,3-10H3,(H,37,38). The Bertz CT molecular complexity index is 839. The Morgan fingerprint density at radius 2 is 1.20 bits per heavy atom. The highest BCUT2D eigenvalue weighted by Crippen LogP contribution is 2.46. The van der Waals surface area contributed by atoms with Gasteiger partial charge < -0.3 is 9.84 Å². The van der Waals surface area contributed by atoms with Crippen molar-refractivity contribution in [3.63, 3.8) is 0 Å². The van der Waals surface area contributed by atoms with Crippen LogP contribution in [0.25, 0.3) is 0 Å². The summed E-state index contributed by atoms with van der Waals surface area (Å²) in [5.41, 5.74) is -0.273. The maximum atomic E-state index is 14.1. The van der Waals surface area contributed by atoms with E-state index in [1.807, 2.05) is 12.2 Å². The first-order valence-corrected chi connectivity index (χ1v) is 15.7. The van der Waals surface area contributed by atoms with Crippen LogP contribution >= 0.6 is 0 Å². The molecular formula is C34H60N2O4. The molecule has 230 valence electrons. The van der Waals surface area contributed by atoms with Gasteiger partial charge in [-0.3, -0.25) is 19.4 Å². The van der Waals surface area contributed by atoms with E-state index in [1.54, 1.807) is 0 Å². The van der Waals surface area contributed by atoms with Gasteiger partial charge in [0, 0.05) is 54.5 Å². The molecule has 0 bridgehead atoms. The van der Waals surface area contributed by atoms with Crippen molar-refractivity contribution in [3.05, 3.63) is 25.3 Å². The highest BCUT2D eigenvalue weighted by atomic mass is 16.5. The van der Waals surface area contributed by atoms with Crippen LogP contribution in [0, 0.1) is 11.8 Å². The molecule has 0 aliphatic carbocycles. The number of hydrogen-bond acceptors (Lipinski definition) is 5. The average Bonchev–Trinajstić information content (AvgIpc) is 2.79. The van der Waals surface area contributed by atoms with Crippen LogP contribution in [0.4, 0.5) is 0 Å². The zero-order chi connectivity index (χ0) is 30.4. The molecule has 0 aromatic carbocycles. The van der Waals surface area contributed by atoms with Gasteiger partial charge in [-0.2, -0.15) is 0 Å². The Kier molecular flexibility index (Phi) is 12.1. The molecule has 0 saturated carbocycles. The van der Waals surface area contributed by atoms with E-state index < -0.39 is 5.97 Å². The van der Waals surface area contributed by atoms with Gasteiger partial charge in [0.05, 0.1) is 5.92 Å². The van der Waals surface area contributed by atoms with Crippen molar-refractivity contribution in [2.75, 3.05) is 13.1 Å². The van der Waals surface area contributed by atoms with Gasteiger partial charge in [-0.25, -0.2) is 0 Å². The Morgan fingerprint density at radius 1 is 0.775 bits per heavy atom. The smallest absolute Gasteiger partial charge is 0.309 e. The van der Waals surface area contributed by atoms with Crippen LogP contribution in [0.5, 0.6) is 0 Å². The molecular weight excluding hydrogens is 500 g/mol. The summed E-state index contributed by atoms with van der Waals surface area (Å²) in [7, 11) is 0. The SMILES string of the molecule is C=CCN1C(C)(C)CC(OC(=O)C(CCCCCCCC(=O)O)C2CC(C)(C)N(CC=C)C(C)(C)C2)CC1(C)C. The van der Waals surface area contributed by atoms with E-state index in [1.165, 1.54) is 0 Å². The van der Waals surface area contributed by atoms with E-state index >= 15 is 0 Å². The number of aliphatic carboxylic acids is 1. The van der Waals surface area contributed by atoms with Crippen LogP contribution in [-0.4, -0.2) is 68.2 Å². The Hall–Kier alpha value is -1.66. The number of ether oxygens (including phenoxy) is 1. The van der Waals surface area contributed by atoms with E-state index in [0.717, 1.165) is 77.3 Å². The highest BCUT2D eigenvalue weighted by molar-refractivity contribution is 5.73. The van der Waals surface area contributed by atoms with Crippen molar-refractivity contribution in [3.8, 4) is 0 Å². The first kappa shape index (κ1) is 34.5. The summed E-state index contributed by atoms with van der Waals surface area (Å²) in [6.07, 6.45) is 13.1. The summed E-state index contributed by atoms with van der Waals surface area (Å²) in [4.78, 5) is 29.9. The number of carboxylic acids is 1. The fourth-order valence-corrected chi connectivity index (χ4v) is 8.20. The van der Waals surface area contributed by atoms with Crippen LogP contribution in [0.3, 0.4) is 0 Å². The number of carbonyl (C=O) groups excluding carboxylic acids is 1. The number of esters is 1. The number of nitrogens with zero attached hydrogens (tertiary/aromatic N) is 2. The van der Waals surface area contributed by atoms with E-state index in [9.17, 15) is 9.59 Å². The third-order valence-electron chi connectivity index (χ3n) is 9.58. The highest BCUT2D eigenvalue weighted by Gasteiger charge is 2.50. The second kappa shape index (κ2) is 14.0. The van der Waals surface area contributed by atoms with Gasteiger partial charge in [-0.1, -0.05) is 37.8 Å². The Labute approximate surface area is 245 Å². The fourth-order valence-electron chi connectivity index (χ4n) is 8.20. The van der Waals surface area contributed by atoms with Crippen LogP contribution in [0.1, 0.15) is 126 Å². The van der Waals surface area contributed by atoms with Crippen LogP contribution in [0.2, 0.25) is 0 Å². The quantitative estimate of drug-likeness (QED) is 0.126. The fraction of sp³-hybridized carbons (Fsp3) is 0.824. The Morgan fingerprint density at radius 3 is 1.65 bits per heavy atom. The van der Waals surface area contributed by atoms with Gasteiger partial charge in [0.1, 0.15) is 6.10 Å². The molecule has 0 aromatic rings. The largest absolute Gasteiger partial charge is 0.481 e. The van der Waals surface area contributed by atoms with E-state index in [2.05, 4.69) is 78.3 Å². The topological polar surface area (TPSA) is 70.1 Å². The average molecular weight is 561 g/mol. The lowest BCUT2D eigenvalue weighted by atomic mass is 9.68. The predicted octanol–water partition coefficient (Wildman–Crippen LogP) is 7.62. The lowest BCUT2D eigenvalue weighted by molar-refractivity contribution is -0.169. The van der Waals surface area contributed by atoms with Crippen LogP contribution in [0.15, 0.2) is 25.3 Å². The predicted molar refractivity (Wildman–Crippen MR) is 165 cm³/mol. The molecule has 1 N–H and O–H groups in total. The number of piperidine rings is 2. The van der Waals surface area contributed by atoms with E-state index in [0.29, 0.717) is 0 Å². The minimum Gasteiger partial charge on any atom is -0.481 e. The molecule has 2 heterocycles. The second-order valence-electron chi connectivity index (χ2n) is 15.0. The van der Waals surface area contributed by atoms with Gasteiger partial charge in [0.25, 0.3) is 0 Å². The lowest BCUT2D eigenvalue weighted by Gasteiger charge is -2.56. The lowest BCUT2D eigenvalue weighted by Crippen LogP contribution is -2.62. The normalized spacial score (nSPS) is 23.8. The third kappa shape index (κ3) is 9.17. The van der Waals surface area contributed by atoms with E-state index in [4.69, 9.17) is 9.84 Å². The van der Waals surface area contributed by atoms with Crippen molar-refractivity contribution in [1.29, 1.82) is 0 Å². The molecule has 0 amide bonds. The zero-order valence-electron chi connectivity index (χ0n) is 27.1. The summed E-state index contributed by atoms with van der Waals surface area (Å²) in [6, 6.07) is 0. The molecule has 6 heteroatoms. The molecule has 0 radical (unpaired) electrons. The van der Waals surface area contributed by atoms with Gasteiger partial charge in [0.15, 0.2) is 0 Å². The molecule has 0 aromatic heterocycles. The maximum absolute atomic E-state index is 14.1. The summed E-state index contributed by atoms with van der Waals surface area (Å²) in [6.45, 7) is 27.8. The molecule has 6 nitrogen and oxygen atoms in total. The molecule has 0 spiro atoms. The van der Waals surface area contributed by atoms with Crippen LogP contribution < -0.4 is 0 Å². The van der Waals surface area contributed by atoms with Gasteiger partial charge in [0.2, 0.25) is 0 Å². The zero-order valence-corrected chi connectivity index (χ0v) is 27.1. The molecule has 2 aliphatic rings. The number of carbonyl (C=O) groups is 2. The number of unbranched alkanes of at least 4 members (excludes halogenated alkanes) is 4. The molecule has 2 saturated heterocycles. The number of carboxylic acid groups (broad SMARTS) is 1. The van der Waals surface area contributed by atoms with Gasteiger partial charge in [-0.05, 0) is 87.0 Å². The maximum Gasteiger partial charge on any atom is 0.309 e. The first-order chi connectivity index (χ1) is 18.5. The van der Waals surface area contributed by atoms with Gasteiger partial charge in [-0.15, -0.1) is 13.2 Å². The molecule has 1 unspecified atom stereocenters. The summed E-state index contributed by atoms with van der Waals surface area (Å²) in [5.74, 6) is -0.612. The number of rotatable bonds is 15. The van der Waals surface area contributed by atoms with Crippen molar-refractivity contribution in [1.82, 2.24) is 9.80 Å². The molecule has 40 heavy (non-hydrogen) atoms. The Balaban J connectivity index is 2.19.